The van der Waals surface area contributed by atoms with Gasteiger partial charge in [0.05, 0.1) is 12.4 Å². The van der Waals surface area contributed by atoms with Crippen molar-refractivity contribution >= 4 is 35.0 Å². The predicted octanol–water partition coefficient (Wildman–Crippen LogP) is 5.54. The standard InChI is InChI=1S/C25H22F2N6S/c1-33-14-18(12-31-33)15-2-5-24(29-11-15)22(10-28)16-6-17(25-23(27)9-19(26)13-30-25)8-20(7-16)32-34-21-3-4-21/h2,5-14,21,28-29,32H,3-4H2,1H3/b24-22+,28-10?. The molecule has 1 aliphatic heterocycles. The fourth-order valence-electron chi connectivity index (χ4n) is 3.60. The third-order valence-corrected chi connectivity index (χ3v) is 6.64. The first-order chi connectivity index (χ1) is 16.5. The molecule has 9 heteroatoms. The number of dihydropyridines is 1. The van der Waals surface area contributed by atoms with Gasteiger partial charge in [-0.1, -0.05) is 6.08 Å². The minimum atomic E-state index is -0.735. The summed E-state index contributed by atoms with van der Waals surface area (Å²) in [5.41, 5.74) is 5.34. The lowest BCUT2D eigenvalue weighted by atomic mass is 9.97. The van der Waals surface area contributed by atoms with Crippen LogP contribution in [0.2, 0.25) is 0 Å². The lowest BCUT2D eigenvalue weighted by Gasteiger charge is -2.16. The highest BCUT2D eigenvalue weighted by atomic mass is 32.2. The van der Waals surface area contributed by atoms with Crippen LogP contribution in [0, 0.1) is 17.0 Å². The molecule has 0 radical (unpaired) electrons. The number of halogens is 2. The zero-order chi connectivity index (χ0) is 23.7. The molecule has 34 heavy (non-hydrogen) atoms. The first-order valence-electron chi connectivity index (χ1n) is 10.8. The van der Waals surface area contributed by atoms with Crippen LogP contribution >= 0.6 is 11.9 Å². The van der Waals surface area contributed by atoms with Gasteiger partial charge in [0.15, 0.2) is 5.82 Å². The van der Waals surface area contributed by atoms with E-state index in [2.05, 4.69) is 20.1 Å². The maximum atomic E-state index is 14.5. The summed E-state index contributed by atoms with van der Waals surface area (Å²) < 4.78 is 33.1. The molecule has 0 atom stereocenters. The molecule has 1 aliphatic carbocycles. The van der Waals surface area contributed by atoms with Gasteiger partial charge in [-0.3, -0.25) is 9.67 Å². The van der Waals surface area contributed by atoms with E-state index in [0.717, 1.165) is 47.6 Å². The number of hydrogen-bond donors (Lipinski definition) is 3. The molecular formula is C25H22F2N6S. The van der Waals surface area contributed by atoms with Crippen LogP contribution in [-0.2, 0) is 7.05 Å². The fourth-order valence-corrected chi connectivity index (χ4v) is 4.39. The Morgan fingerprint density at radius 1 is 1.18 bits per heavy atom. The van der Waals surface area contributed by atoms with E-state index in [4.69, 9.17) is 5.41 Å². The van der Waals surface area contributed by atoms with Crippen molar-refractivity contribution in [1.82, 2.24) is 20.1 Å². The monoisotopic (exact) mass is 476 g/mol. The maximum Gasteiger partial charge on any atom is 0.152 e. The summed E-state index contributed by atoms with van der Waals surface area (Å²) in [6.07, 6.45) is 14.0. The van der Waals surface area contributed by atoms with Gasteiger partial charge in [0, 0.05) is 70.6 Å². The van der Waals surface area contributed by atoms with Crippen molar-refractivity contribution in [2.45, 2.75) is 18.1 Å². The van der Waals surface area contributed by atoms with Crippen molar-refractivity contribution in [3.63, 3.8) is 0 Å². The molecule has 0 unspecified atom stereocenters. The molecule has 1 saturated carbocycles. The second-order valence-corrected chi connectivity index (χ2v) is 9.26. The number of aromatic nitrogens is 3. The number of nitrogens with zero attached hydrogens (tertiary/aromatic N) is 3. The van der Waals surface area contributed by atoms with Gasteiger partial charge < -0.3 is 15.4 Å². The number of hydrogen-bond acceptors (Lipinski definition) is 6. The minimum Gasteiger partial charge on any atom is -0.361 e. The Morgan fingerprint density at radius 3 is 2.68 bits per heavy atom. The van der Waals surface area contributed by atoms with E-state index in [1.807, 2.05) is 37.7 Å². The SMILES string of the molecule is Cn1cc(C2=CN/C(=C(\C=N)c3cc(NSC4CC4)cc(-c4ncc(F)cc4F)c3)C=C2)cn1. The highest BCUT2D eigenvalue weighted by Gasteiger charge is 2.22. The van der Waals surface area contributed by atoms with Crippen LogP contribution in [0.4, 0.5) is 14.5 Å². The zero-order valence-electron chi connectivity index (χ0n) is 18.3. The van der Waals surface area contributed by atoms with Crippen LogP contribution in [0.5, 0.6) is 0 Å². The normalized spacial score (nSPS) is 16.6. The summed E-state index contributed by atoms with van der Waals surface area (Å²) in [5.74, 6) is -1.46. The lowest BCUT2D eigenvalue weighted by molar-refractivity contribution is 0.576. The van der Waals surface area contributed by atoms with Crippen molar-refractivity contribution in [3.8, 4) is 11.3 Å². The number of nitrogens with one attached hydrogen (secondary N) is 3. The molecule has 1 aromatic carbocycles. The Hall–Kier alpha value is -3.72. The summed E-state index contributed by atoms with van der Waals surface area (Å²) in [7, 11) is 1.86. The number of aryl methyl sites for hydroxylation is 1. The molecule has 0 bridgehead atoms. The van der Waals surface area contributed by atoms with Crippen LogP contribution in [-0.4, -0.2) is 26.2 Å². The highest BCUT2D eigenvalue weighted by Crippen LogP contribution is 2.36. The van der Waals surface area contributed by atoms with Gasteiger partial charge in [0.1, 0.15) is 11.5 Å². The molecule has 0 saturated heterocycles. The topological polar surface area (TPSA) is 78.6 Å². The van der Waals surface area contributed by atoms with E-state index in [1.165, 1.54) is 6.21 Å². The van der Waals surface area contributed by atoms with Crippen LogP contribution in [0.3, 0.4) is 0 Å². The highest BCUT2D eigenvalue weighted by molar-refractivity contribution is 8.01. The Labute approximate surface area is 200 Å². The molecule has 1 fully saturated rings. The summed E-state index contributed by atoms with van der Waals surface area (Å²) in [5, 5.41) is 16.1. The van der Waals surface area contributed by atoms with E-state index in [-0.39, 0.29) is 5.69 Å². The van der Waals surface area contributed by atoms with Crippen molar-refractivity contribution in [2.24, 2.45) is 7.05 Å². The van der Waals surface area contributed by atoms with Crippen LogP contribution in [0.1, 0.15) is 24.0 Å². The Bertz CT molecular complexity index is 1350. The molecule has 2 aliphatic rings. The average Bonchev–Trinajstić information content (AvgIpc) is 3.57. The number of anilines is 1. The van der Waals surface area contributed by atoms with Crippen molar-refractivity contribution in [1.29, 1.82) is 5.41 Å². The minimum absolute atomic E-state index is 0.0583. The first-order valence-corrected chi connectivity index (χ1v) is 11.7. The van der Waals surface area contributed by atoms with Gasteiger partial charge in [-0.2, -0.15) is 5.10 Å². The van der Waals surface area contributed by atoms with Crippen LogP contribution in [0.15, 0.2) is 66.9 Å². The van der Waals surface area contributed by atoms with E-state index in [1.54, 1.807) is 35.0 Å². The molecule has 2 aromatic heterocycles. The summed E-state index contributed by atoms with van der Waals surface area (Å²) in [6.45, 7) is 0. The zero-order valence-corrected chi connectivity index (χ0v) is 19.2. The van der Waals surface area contributed by atoms with Crippen molar-refractivity contribution in [3.05, 3.63) is 89.7 Å². The lowest BCUT2D eigenvalue weighted by Crippen LogP contribution is -2.11. The molecular weight excluding hydrogens is 454 g/mol. The van der Waals surface area contributed by atoms with Gasteiger partial charge in [-0.15, -0.1) is 0 Å². The average molecular weight is 477 g/mol. The molecule has 3 N–H and O–H groups in total. The number of benzene rings is 1. The van der Waals surface area contributed by atoms with Gasteiger partial charge in [0.25, 0.3) is 0 Å². The first kappa shape index (κ1) is 22.1. The van der Waals surface area contributed by atoms with Gasteiger partial charge in [0.2, 0.25) is 0 Å². The van der Waals surface area contributed by atoms with Gasteiger partial charge in [-0.25, -0.2) is 8.78 Å². The molecule has 172 valence electrons. The van der Waals surface area contributed by atoms with Crippen molar-refractivity contribution < 1.29 is 8.78 Å². The Balaban J connectivity index is 1.52. The van der Waals surface area contributed by atoms with E-state index in [9.17, 15) is 8.78 Å². The van der Waals surface area contributed by atoms with E-state index in [0.29, 0.717) is 21.9 Å². The number of allylic oxidation sites excluding steroid dienone is 4. The summed E-state index contributed by atoms with van der Waals surface area (Å²) in [4.78, 5) is 3.98. The van der Waals surface area contributed by atoms with E-state index >= 15 is 0 Å². The summed E-state index contributed by atoms with van der Waals surface area (Å²) in [6, 6.07) is 6.30. The Morgan fingerprint density at radius 2 is 2.03 bits per heavy atom. The molecule has 3 heterocycles. The van der Waals surface area contributed by atoms with Gasteiger partial charge in [-0.05, 0) is 54.6 Å². The second kappa shape index (κ2) is 9.26. The third-order valence-electron chi connectivity index (χ3n) is 5.48. The van der Waals surface area contributed by atoms with Gasteiger partial charge >= 0.3 is 0 Å². The fraction of sp³-hybridized carbons (Fsp3) is 0.160. The third kappa shape index (κ3) is 4.79. The largest absolute Gasteiger partial charge is 0.361 e. The molecule has 0 spiro atoms. The Kier molecular flexibility index (Phi) is 6.02. The number of pyridine rings is 1. The molecule has 5 rings (SSSR count). The van der Waals surface area contributed by atoms with E-state index < -0.39 is 11.6 Å². The molecule has 6 nitrogen and oxygen atoms in total. The smallest absolute Gasteiger partial charge is 0.152 e. The molecule has 0 amide bonds. The number of rotatable bonds is 7. The molecule has 3 aromatic rings. The quantitative estimate of drug-likeness (QED) is 0.308. The van der Waals surface area contributed by atoms with Crippen LogP contribution in [0.25, 0.3) is 22.4 Å². The second-order valence-electron chi connectivity index (χ2n) is 8.15. The summed E-state index contributed by atoms with van der Waals surface area (Å²) >= 11 is 1.63. The maximum absolute atomic E-state index is 14.5. The van der Waals surface area contributed by atoms with Crippen molar-refractivity contribution in [2.75, 3.05) is 4.72 Å². The van der Waals surface area contributed by atoms with Crippen LogP contribution < -0.4 is 10.0 Å². The predicted molar refractivity (Wildman–Crippen MR) is 133 cm³/mol.